The van der Waals surface area contributed by atoms with E-state index in [1.165, 1.54) is 33.7 Å². The molecule has 2 aromatic heterocycles. The van der Waals surface area contributed by atoms with E-state index in [1.54, 1.807) is 58.9 Å². The second-order valence-electron chi connectivity index (χ2n) is 12.8. The van der Waals surface area contributed by atoms with Crippen molar-refractivity contribution in [2.24, 2.45) is 5.92 Å². The molecule has 0 spiro atoms. The van der Waals surface area contributed by atoms with Gasteiger partial charge in [-0.1, -0.05) is 38.1 Å². The summed E-state index contributed by atoms with van der Waals surface area (Å²) >= 11 is 0. The van der Waals surface area contributed by atoms with Gasteiger partial charge in [0.25, 0.3) is 5.72 Å². The number of anilines is 1. The largest absolute Gasteiger partial charge is 0.463 e. The highest BCUT2D eigenvalue weighted by molar-refractivity contribution is 5.74. The van der Waals surface area contributed by atoms with Crippen LogP contribution in [0.2, 0.25) is 0 Å². The molecular formula is C32H38F4N6O5. The molecule has 1 unspecified atom stereocenters. The van der Waals surface area contributed by atoms with Crippen LogP contribution in [0.1, 0.15) is 64.0 Å². The minimum absolute atomic E-state index is 0.0512. The summed E-state index contributed by atoms with van der Waals surface area (Å²) in [6.07, 6.45) is -2.66. The number of likely N-dealkylation sites (tertiary alicyclic amines) is 1. The molecular weight excluding hydrogens is 624 g/mol. The van der Waals surface area contributed by atoms with Crippen LogP contribution in [0.3, 0.4) is 0 Å². The molecule has 2 N–H and O–H groups in total. The summed E-state index contributed by atoms with van der Waals surface area (Å²) in [5, 5.41) is 14.0. The fraction of sp³-hybridized carbons (Fsp3) is 0.500. The molecule has 3 aromatic rings. The minimum atomic E-state index is -4.70. The van der Waals surface area contributed by atoms with Crippen LogP contribution in [0.15, 0.2) is 48.4 Å². The Kier molecular flexibility index (Phi) is 9.51. The quantitative estimate of drug-likeness (QED) is 0.168. The zero-order valence-electron chi connectivity index (χ0n) is 26.7. The topological polar surface area (TPSA) is 119 Å². The van der Waals surface area contributed by atoms with Crippen LogP contribution in [0, 0.1) is 5.92 Å². The van der Waals surface area contributed by atoms with Gasteiger partial charge in [0.2, 0.25) is 0 Å². The van der Waals surface area contributed by atoms with Crippen LogP contribution in [-0.4, -0.2) is 75.7 Å². The van der Waals surface area contributed by atoms with Crippen LogP contribution in [0.4, 0.5) is 28.0 Å². The number of ether oxygens (including phenoxy) is 3. The van der Waals surface area contributed by atoms with Gasteiger partial charge in [-0.05, 0) is 51.0 Å². The minimum Gasteiger partial charge on any atom is -0.463 e. The van der Waals surface area contributed by atoms with Gasteiger partial charge < -0.3 is 24.8 Å². The molecule has 1 saturated heterocycles. The number of hydrogen-bond acceptors (Lipinski definition) is 9. The number of carbonyl (C=O) groups excluding carboxylic acids is 2. The Morgan fingerprint density at radius 1 is 1.11 bits per heavy atom. The number of benzene rings is 1. The van der Waals surface area contributed by atoms with E-state index in [1.807, 2.05) is 0 Å². The fourth-order valence-corrected chi connectivity index (χ4v) is 5.59. The Labute approximate surface area is 269 Å². The van der Waals surface area contributed by atoms with Crippen LogP contribution in [-0.2, 0) is 24.7 Å². The zero-order valence-corrected chi connectivity index (χ0v) is 26.7. The summed E-state index contributed by atoms with van der Waals surface area (Å²) in [5.41, 5.74) is -1.86. The van der Waals surface area contributed by atoms with Crippen molar-refractivity contribution in [3.05, 3.63) is 65.4 Å². The van der Waals surface area contributed by atoms with E-state index in [2.05, 4.69) is 20.8 Å². The lowest BCUT2D eigenvalue weighted by Gasteiger charge is -2.36. The number of para-hydroxylation sites is 1. The standard InChI is InChI=1S/C32H38F4N6O5/c1-19(2)27(43)45-14-15-46-31(24(33)16-20-8-6-7-9-23(20)38-31)28-40-39-25-11-10-21(17-42(25)28)26(32(34,35)36)41-13-12-22(18-41)37-29(44)47-30(3,4)5/h6-11,16-17,19,22,26,38H,12-15,18H2,1-5H3,(H,37,44)/t22-,26+,31?/m0/s1. The first-order valence-electron chi connectivity index (χ1n) is 15.3. The number of fused-ring (bicyclic) bond motifs is 2. The summed E-state index contributed by atoms with van der Waals surface area (Å²) in [4.78, 5) is 25.5. The lowest BCUT2D eigenvalue weighted by Crippen LogP contribution is -2.44. The molecule has 2 aliphatic rings. The number of rotatable bonds is 9. The molecule has 4 heterocycles. The molecule has 1 fully saturated rings. The third kappa shape index (κ3) is 7.51. The van der Waals surface area contributed by atoms with Crippen LogP contribution in [0.25, 0.3) is 11.7 Å². The average Bonchev–Trinajstić information content (AvgIpc) is 3.60. The molecule has 0 radical (unpaired) electrons. The molecule has 0 aliphatic carbocycles. The number of alkyl carbamates (subject to hydrolysis) is 1. The first-order chi connectivity index (χ1) is 22.1. The monoisotopic (exact) mass is 662 g/mol. The van der Waals surface area contributed by atoms with Crippen molar-refractivity contribution < 1.29 is 41.4 Å². The highest BCUT2D eigenvalue weighted by Crippen LogP contribution is 2.43. The maximum Gasteiger partial charge on any atom is 0.408 e. The van der Waals surface area contributed by atoms with Gasteiger partial charge in [0, 0.05) is 36.6 Å². The molecule has 1 amide bonds. The van der Waals surface area contributed by atoms with Gasteiger partial charge in [0.1, 0.15) is 18.2 Å². The third-order valence-electron chi connectivity index (χ3n) is 7.68. The van der Waals surface area contributed by atoms with E-state index in [9.17, 15) is 22.8 Å². The molecule has 15 heteroatoms. The van der Waals surface area contributed by atoms with E-state index >= 15 is 4.39 Å². The van der Waals surface area contributed by atoms with Gasteiger partial charge in [-0.3, -0.25) is 14.1 Å². The maximum atomic E-state index is 16.2. The Balaban J connectivity index is 1.48. The van der Waals surface area contributed by atoms with E-state index in [0.717, 1.165) is 0 Å². The Morgan fingerprint density at radius 3 is 2.55 bits per heavy atom. The van der Waals surface area contributed by atoms with Crippen molar-refractivity contribution in [3.8, 4) is 0 Å². The maximum absolute atomic E-state index is 16.2. The SMILES string of the molecule is CC(C)C(=O)OCCOC1(c2nnc3ccc([C@@H](N4CC[C@H](NC(=O)OC(C)(C)C)C4)C(F)(F)F)cn23)Nc2ccccc2C=C1F. The highest BCUT2D eigenvalue weighted by atomic mass is 19.4. The molecule has 0 bridgehead atoms. The number of alkyl halides is 3. The number of halogens is 4. The Bertz CT molecular complexity index is 1650. The molecule has 3 atom stereocenters. The number of nitrogens with one attached hydrogen (secondary N) is 2. The molecule has 47 heavy (non-hydrogen) atoms. The summed E-state index contributed by atoms with van der Waals surface area (Å²) < 4.78 is 78.2. The first kappa shape index (κ1) is 34.1. The van der Waals surface area contributed by atoms with E-state index < -0.39 is 47.5 Å². The van der Waals surface area contributed by atoms with E-state index in [0.29, 0.717) is 11.3 Å². The number of nitrogens with zero attached hydrogens (tertiary/aromatic N) is 4. The lowest BCUT2D eigenvalue weighted by molar-refractivity contribution is -0.184. The predicted octanol–water partition coefficient (Wildman–Crippen LogP) is 5.74. The summed E-state index contributed by atoms with van der Waals surface area (Å²) in [7, 11) is 0. The van der Waals surface area contributed by atoms with Crippen LogP contribution < -0.4 is 10.6 Å². The van der Waals surface area contributed by atoms with E-state index in [4.69, 9.17) is 14.2 Å². The van der Waals surface area contributed by atoms with Crippen molar-refractivity contribution in [2.45, 2.75) is 70.6 Å². The van der Waals surface area contributed by atoms with Crippen molar-refractivity contribution in [1.82, 2.24) is 24.8 Å². The molecule has 2 aliphatic heterocycles. The highest BCUT2D eigenvalue weighted by Gasteiger charge is 2.49. The van der Waals surface area contributed by atoms with E-state index in [-0.39, 0.29) is 55.7 Å². The molecule has 254 valence electrons. The number of aromatic nitrogens is 3. The average molecular weight is 663 g/mol. The number of amides is 1. The van der Waals surface area contributed by atoms with Crippen molar-refractivity contribution in [1.29, 1.82) is 0 Å². The Hall–Kier alpha value is -4.24. The molecule has 11 nitrogen and oxygen atoms in total. The summed E-state index contributed by atoms with van der Waals surface area (Å²) in [5.74, 6) is -1.85. The first-order valence-corrected chi connectivity index (χ1v) is 15.3. The van der Waals surface area contributed by atoms with Crippen molar-refractivity contribution in [2.75, 3.05) is 31.6 Å². The second-order valence-corrected chi connectivity index (χ2v) is 12.8. The second kappa shape index (κ2) is 13.1. The van der Waals surface area contributed by atoms with Gasteiger partial charge in [-0.25, -0.2) is 9.18 Å². The molecule has 1 aromatic carbocycles. The van der Waals surface area contributed by atoms with Crippen molar-refractivity contribution >= 4 is 29.5 Å². The number of hydrogen-bond donors (Lipinski definition) is 2. The Morgan fingerprint density at radius 2 is 1.85 bits per heavy atom. The predicted molar refractivity (Wildman–Crippen MR) is 164 cm³/mol. The summed E-state index contributed by atoms with van der Waals surface area (Å²) in [6.45, 7) is 7.93. The smallest absolute Gasteiger partial charge is 0.408 e. The van der Waals surface area contributed by atoms with Gasteiger partial charge in [-0.15, -0.1) is 10.2 Å². The normalized spacial score (nSPS) is 20.8. The number of carbonyl (C=O) groups is 2. The third-order valence-corrected chi connectivity index (χ3v) is 7.68. The molecule has 0 saturated carbocycles. The van der Waals surface area contributed by atoms with Gasteiger partial charge in [0.15, 0.2) is 17.3 Å². The molecule has 5 rings (SSSR count). The van der Waals surface area contributed by atoms with Gasteiger partial charge >= 0.3 is 18.2 Å². The van der Waals surface area contributed by atoms with Gasteiger partial charge in [0.05, 0.1) is 12.5 Å². The van der Waals surface area contributed by atoms with Crippen molar-refractivity contribution in [3.63, 3.8) is 0 Å². The fourth-order valence-electron chi connectivity index (χ4n) is 5.59. The zero-order chi connectivity index (χ0) is 34.1. The van der Waals surface area contributed by atoms with Gasteiger partial charge in [-0.2, -0.15) is 13.2 Å². The van der Waals surface area contributed by atoms with Crippen LogP contribution >= 0.6 is 0 Å². The van der Waals surface area contributed by atoms with Crippen LogP contribution in [0.5, 0.6) is 0 Å². The number of esters is 1. The number of pyridine rings is 1. The summed E-state index contributed by atoms with van der Waals surface area (Å²) in [6, 6.07) is 6.89. The lowest BCUT2D eigenvalue weighted by atomic mass is 10.0.